The Morgan fingerprint density at radius 3 is 2.27 bits per heavy atom. The van der Waals surface area contributed by atoms with E-state index >= 15 is 0 Å². The maximum Gasteiger partial charge on any atom is 0.495 e. The van der Waals surface area contributed by atoms with Crippen LogP contribution in [0.5, 0.6) is 0 Å². The number of carbonyl (C=O) groups excluding carboxylic acids is 4. The molecule has 1 aliphatic rings. The second kappa shape index (κ2) is 15.9. The van der Waals surface area contributed by atoms with E-state index < -0.39 is 53.8 Å². The van der Waals surface area contributed by atoms with Crippen molar-refractivity contribution in [2.75, 3.05) is 6.54 Å². The van der Waals surface area contributed by atoms with Crippen LogP contribution in [0.15, 0.2) is 18.2 Å². The molecule has 15 heteroatoms. The number of nitrogens with two attached hydrogens (primary N) is 1. The van der Waals surface area contributed by atoms with Gasteiger partial charge in [0.05, 0.1) is 0 Å². The van der Waals surface area contributed by atoms with Gasteiger partial charge in [-0.3, -0.25) is 4.79 Å². The van der Waals surface area contributed by atoms with Gasteiger partial charge in [-0.1, -0.05) is 38.2 Å². The number of benzene rings is 1. The van der Waals surface area contributed by atoms with Crippen LogP contribution in [0.2, 0.25) is 0 Å². The molecule has 0 spiro atoms. The molecule has 2 atom stereocenters. The van der Waals surface area contributed by atoms with Gasteiger partial charge in [0, 0.05) is 18.2 Å². The summed E-state index contributed by atoms with van der Waals surface area (Å²) in [5.74, 6) is -6.43. The molecule has 1 aromatic rings. The number of halogens is 5. The average Bonchev–Trinajstić information content (AvgIpc) is 2.90. The number of alkyl halides is 3. The van der Waals surface area contributed by atoms with Crippen molar-refractivity contribution < 1.29 is 50.9 Å². The third-order valence-electron chi connectivity index (χ3n) is 6.35. The lowest BCUT2D eigenvalue weighted by Gasteiger charge is -2.27. The van der Waals surface area contributed by atoms with Crippen molar-refractivity contribution >= 4 is 23.9 Å². The second-order valence-electron chi connectivity index (χ2n) is 9.47. The molecule has 40 heavy (non-hydrogen) atoms. The summed E-state index contributed by atoms with van der Waals surface area (Å²) in [4.78, 5) is 56.4. The van der Waals surface area contributed by atoms with Crippen molar-refractivity contribution in [2.24, 2.45) is 11.7 Å². The molecule has 1 fully saturated rings. The van der Waals surface area contributed by atoms with Crippen LogP contribution in [-0.2, 0) is 30.7 Å². The first-order valence-electron chi connectivity index (χ1n) is 12.9. The summed E-state index contributed by atoms with van der Waals surface area (Å²) in [6.07, 6.45) is -0.0622. The molecule has 3 amide bonds. The van der Waals surface area contributed by atoms with Crippen molar-refractivity contribution in [1.82, 2.24) is 16.0 Å². The van der Waals surface area contributed by atoms with Crippen LogP contribution in [0.4, 0.5) is 26.7 Å². The molecule has 10 nitrogen and oxygen atoms in total. The molecule has 0 unspecified atom stereocenters. The normalized spacial score (nSPS) is 15.4. The molecule has 0 radical (unpaired) electrons. The van der Waals surface area contributed by atoms with Crippen molar-refractivity contribution in [3.05, 3.63) is 35.4 Å². The minimum atomic E-state index is -5.41. The van der Waals surface area contributed by atoms with Gasteiger partial charge < -0.3 is 21.7 Å². The largest absolute Gasteiger partial charge is 0.495 e. The summed E-state index contributed by atoms with van der Waals surface area (Å²) in [5.41, 5.74) is 5.44. The molecule has 1 aromatic carbocycles. The van der Waals surface area contributed by atoms with Crippen LogP contribution >= 0.6 is 0 Å². The molecular formula is C25H33F5N4O6. The topological polar surface area (TPSA) is 149 Å². The van der Waals surface area contributed by atoms with Crippen LogP contribution in [0.25, 0.3) is 0 Å². The summed E-state index contributed by atoms with van der Waals surface area (Å²) >= 11 is 0. The molecular weight excluding hydrogens is 547 g/mol. The highest BCUT2D eigenvalue weighted by Gasteiger charge is 2.43. The van der Waals surface area contributed by atoms with Gasteiger partial charge in [-0.05, 0) is 44.2 Å². The Labute approximate surface area is 227 Å². The van der Waals surface area contributed by atoms with Crippen molar-refractivity contribution in [1.29, 1.82) is 0 Å². The molecule has 1 aliphatic carbocycles. The first kappa shape index (κ1) is 32.7. The highest BCUT2D eigenvalue weighted by atomic mass is 19.4. The van der Waals surface area contributed by atoms with Crippen LogP contribution in [0.3, 0.4) is 0 Å². The number of hydrogen-bond donors (Lipinski definition) is 4. The first-order valence-corrected chi connectivity index (χ1v) is 12.9. The van der Waals surface area contributed by atoms with Crippen LogP contribution in [-0.4, -0.2) is 48.7 Å². The van der Waals surface area contributed by atoms with Crippen LogP contribution in [0, 0.1) is 17.6 Å². The Morgan fingerprint density at radius 1 is 0.975 bits per heavy atom. The third kappa shape index (κ3) is 11.3. The van der Waals surface area contributed by atoms with Gasteiger partial charge in [-0.2, -0.15) is 13.2 Å². The van der Waals surface area contributed by atoms with E-state index in [1.54, 1.807) is 0 Å². The van der Waals surface area contributed by atoms with Crippen LogP contribution < -0.4 is 21.7 Å². The number of hydrogen-bond acceptors (Lipinski definition) is 7. The Bertz CT molecular complexity index is 1020. The van der Waals surface area contributed by atoms with E-state index in [9.17, 15) is 41.1 Å². The maximum atomic E-state index is 14.0. The summed E-state index contributed by atoms with van der Waals surface area (Å²) < 4.78 is 64.2. The fraction of sp³-hybridized carbons (Fsp3) is 0.600. The van der Waals surface area contributed by atoms with Crippen LogP contribution in [0.1, 0.15) is 63.4 Å². The Kier molecular flexibility index (Phi) is 13.0. The van der Waals surface area contributed by atoms with Gasteiger partial charge in [0.15, 0.2) is 0 Å². The highest BCUT2D eigenvalue weighted by Crippen LogP contribution is 2.27. The van der Waals surface area contributed by atoms with E-state index in [-0.39, 0.29) is 43.8 Å². The minimum Gasteiger partial charge on any atom is -0.350 e. The molecule has 224 valence electrons. The second-order valence-corrected chi connectivity index (χ2v) is 9.47. The Balaban J connectivity index is 2.07. The van der Waals surface area contributed by atoms with Gasteiger partial charge in [-0.15, -0.1) is 0 Å². The number of rotatable bonds is 12. The molecule has 0 heterocycles. The van der Waals surface area contributed by atoms with E-state index in [1.807, 2.05) is 0 Å². The summed E-state index contributed by atoms with van der Waals surface area (Å²) in [6, 6.07) is -0.783. The summed E-state index contributed by atoms with van der Waals surface area (Å²) in [5, 5.41) is 7.19. The van der Waals surface area contributed by atoms with Crippen molar-refractivity contribution in [3.63, 3.8) is 0 Å². The lowest BCUT2D eigenvalue weighted by atomic mass is 9.84. The Morgan fingerprint density at radius 2 is 1.65 bits per heavy atom. The van der Waals surface area contributed by atoms with Crippen molar-refractivity contribution in [3.8, 4) is 0 Å². The fourth-order valence-corrected chi connectivity index (χ4v) is 4.24. The van der Waals surface area contributed by atoms with Crippen molar-refractivity contribution in [2.45, 2.75) is 82.6 Å². The lowest BCUT2D eigenvalue weighted by Crippen LogP contribution is -2.54. The average molecular weight is 581 g/mol. The molecule has 2 rings (SSSR count). The van der Waals surface area contributed by atoms with Gasteiger partial charge in [-0.25, -0.2) is 32.9 Å². The standard InChI is InChI=1S/C25H33F5N4O6/c26-17-10-9-16(18(27)13-17)14-32-21(35)20(12-15-6-2-1-3-7-15)34-24(38)33-19(8-4-5-11-31)22(36)39-40-23(37)25(28,29)30/h9-10,13,15,19-20H,1-8,11-12,14,31H2,(H,32,35)(H2,33,34,38)/t19-,20+/m0/s1. The molecule has 0 aromatic heterocycles. The minimum absolute atomic E-state index is 0.0201. The number of nitrogens with one attached hydrogen (secondary N) is 3. The zero-order valence-corrected chi connectivity index (χ0v) is 21.7. The number of urea groups is 1. The van der Waals surface area contributed by atoms with E-state index in [2.05, 4.69) is 25.7 Å². The van der Waals surface area contributed by atoms with Gasteiger partial charge >= 0.3 is 24.1 Å². The van der Waals surface area contributed by atoms with E-state index in [0.717, 1.165) is 38.2 Å². The van der Waals surface area contributed by atoms with E-state index in [4.69, 9.17) is 5.73 Å². The fourth-order valence-electron chi connectivity index (χ4n) is 4.24. The summed E-state index contributed by atoms with van der Waals surface area (Å²) in [6.45, 7) is -0.0522. The maximum absolute atomic E-state index is 14.0. The Hall–Kier alpha value is -3.49. The number of carbonyl (C=O) groups is 4. The lowest BCUT2D eigenvalue weighted by molar-refractivity contribution is -0.286. The predicted octanol–water partition coefficient (Wildman–Crippen LogP) is 3.28. The molecule has 0 saturated heterocycles. The molecule has 0 bridgehead atoms. The van der Waals surface area contributed by atoms with Gasteiger partial charge in [0.1, 0.15) is 23.7 Å². The van der Waals surface area contributed by atoms with Gasteiger partial charge in [0.2, 0.25) is 5.91 Å². The summed E-state index contributed by atoms with van der Waals surface area (Å²) in [7, 11) is 0. The first-order chi connectivity index (χ1) is 18.9. The molecule has 1 saturated carbocycles. The zero-order valence-electron chi connectivity index (χ0n) is 21.7. The third-order valence-corrected chi connectivity index (χ3v) is 6.35. The number of unbranched alkanes of at least 4 members (excludes halogenated alkanes) is 1. The number of amides is 3. The predicted molar refractivity (Wildman–Crippen MR) is 130 cm³/mol. The highest BCUT2D eigenvalue weighted by molar-refractivity contribution is 5.89. The zero-order chi connectivity index (χ0) is 29.7. The smallest absolute Gasteiger partial charge is 0.350 e. The monoisotopic (exact) mass is 580 g/mol. The van der Waals surface area contributed by atoms with E-state index in [1.165, 1.54) is 6.07 Å². The SMILES string of the molecule is NCCCC[C@H](NC(=O)N[C@H](CC1CCCCC1)C(=O)NCc1ccc(F)cc1F)C(=O)OOC(=O)C(F)(F)F. The van der Waals surface area contributed by atoms with E-state index in [0.29, 0.717) is 12.5 Å². The van der Waals surface area contributed by atoms with Gasteiger partial charge in [0.25, 0.3) is 0 Å². The quantitative estimate of drug-likeness (QED) is 0.128. The molecule has 5 N–H and O–H groups in total. The molecule has 0 aliphatic heterocycles.